The third-order valence-electron chi connectivity index (χ3n) is 6.19. The lowest BCUT2D eigenvalue weighted by molar-refractivity contribution is -0.146. The smallest absolute Gasteiger partial charge is 0.313 e. The van der Waals surface area contributed by atoms with Gasteiger partial charge in [0.25, 0.3) is 0 Å². The molecule has 0 saturated carbocycles. The van der Waals surface area contributed by atoms with Crippen LogP contribution in [0.5, 0.6) is 0 Å². The quantitative estimate of drug-likeness (QED) is 0.469. The van der Waals surface area contributed by atoms with E-state index in [1.807, 2.05) is 12.1 Å². The van der Waals surface area contributed by atoms with Crippen LogP contribution < -0.4 is 0 Å². The Morgan fingerprint density at radius 2 is 1.21 bits per heavy atom. The highest BCUT2D eigenvalue weighted by molar-refractivity contribution is 5.80. The first-order valence-corrected chi connectivity index (χ1v) is 10.6. The highest BCUT2D eigenvalue weighted by Gasteiger charge is 2.51. The summed E-state index contributed by atoms with van der Waals surface area (Å²) in [6.45, 7) is 0.535. The average molecular weight is 385 g/mol. The van der Waals surface area contributed by atoms with Gasteiger partial charge < -0.3 is 4.74 Å². The topological polar surface area (TPSA) is 26.3 Å². The molecule has 0 N–H and O–H groups in total. The molecule has 1 saturated heterocycles. The number of hydrogen-bond acceptors (Lipinski definition) is 2. The molecule has 1 aliphatic heterocycles. The monoisotopic (exact) mass is 384 g/mol. The molecule has 0 aromatic heterocycles. The van der Waals surface area contributed by atoms with Crippen molar-refractivity contribution in [2.45, 2.75) is 32.1 Å². The molecule has 148 valence electrons. The van der Waals surface area contributed by atoms with E-state index < -0.39 is 5.41 Å². The lowest BCUT2D eigenvalue weighted by Gasteiger charge is -2.31. The second-order valence-electron chi connectivity index (χ2n) is 8.15. The van der Waals surface area contributed by atoms with E-state index in [0.29, 0.717) is 6.61 Å². The maximum absolute atomic E-state index is 13.1. The Labute approximate surface area is 173 Å². The van der Waals surface area contributed by atoms with Crippen molar-refractivity contribution >= 4 is 5.97 Å². The van der Waals surface area contributed by atoms with Gasteiger partial charge in [-0.1, -0.05) is 91.0 Å². The van der Waals surface area contributed by atoms with Crippen LogP contribution in [-0.4, -0.2) is 12.6 Å². The molecule has 0 amide bonds. The summed E-state index contributed by atoms with van der Waals surface area (Å²) in [6, 6.07) is 31.3. The molecule has 1 atom stereocenters. The van der Waals surface area contributed by atoms with Gasteiger partial charge >= 0.3 is 5.97 Å². The Morgan fingerprint density at radius 3 is 1.72 bits per heavy atom. The van der Waals surface area contributed by atoms with E-state index in [-0.39, 0.29) is 11.9 Å². The minimum atomic E-state index is -0.487. The van der Waals surface area contributed by atoms with Gasteiger partial charge in [0.2, 0.25) is 0 Å². The summed E-state index contributed by atoms with van der Waals surface area (Å²) < 4.78 is 5.69. The summed E-state index contributed by atoms with van der Waals surface area (Å²) in [7, 11) is 0. The van der Waals surface area contributed by atoms with Gasteiger partial charge in [0.15, 0.2) is 0 Å². The summed E-state index contributed by atoms with van der Waals surface area (Å²) >= 11 is 0. The van der Waals surface area contributed by atoms with Crippen molar-refractivity contribution in [3.05, 3.63) is 108 Å². The lowest BCUT2D eigenvalue weighted by atomic mass is 9.67. The van der Waals surface area contributed by atoms with E-state index in [1.54, 1.807) is 0 Å². The van der Waals surface area contributed by atoms with E-state index >= 15 is 0 Å². The molecule has 1 heterocycles. The molecule has 0 radical (unpaired) electrons. The second kappa shape index (κ2) is 9.09. The van der Waals surface area contributed by atoms with Gasteiger partial charge in [-0.2, -0.15) is 0 Å². The fourth-order valence-corrected chi connectivity index (χ4v) is 4.62. The van der Waals surface area contributed by atoms with Gasteiger partial charge in [-0.25, -0.2) is 0 Å². The van der Waals surface area contributed by atoms with E-state index in [9.17, 15) is 4.79 Å². The van der Waals surface area contributed by atoms with Crippen LogP contribution in [0.1, 0.15) is 29.5 Å². The maximum atomic E-state index is 13.1. The molecule has 2 heteroatoms. The van der Waals surface area contributed by atoms with Crippen LogP contribution in [0.4, 0.5) is 0 Å². The minimum Gasteiger partial charge on any atom is -0.465 e. The highest BCUT2D eigenvalue weighted by atomic mass is 16.5. The molecule has 1 fully saturated rings. The Bertz CT molecular complexity index is 862. The average Bonchev–Trinajstić information content (AvgIpc) is 3.05. The van der Waals surface area contributed by atoms with Gasteiger partial charge in [0.1, 0.15) is 0 Å². The van der Waals surface area contributed by atoms with Gasteiger partial charge in [0.05, 0.1) is 12.0 Å². The summed E-state index contributed by atoms with van der Waals surface area (Å²) in [5.41, 5.74) is 3.28. The molecule has 4 rings (SSSR count). The fraction of sp³-hybridized carbons (Fsp3) is 0.296. The van der Waals surface area contributed by atoms with Crippen molar-refractivity contribution in [3.8, 4) is 0 Å². The molecule has 0 bridgehead atoms. The van der Waals surface area contributed by atoms with E-state index in [2.05, 4.69) is 78.9 Å². The molecule has 0 aliphatic carbocycles. The number of aryl methyl sites for hydroxylation is 1. The zero-order valence-corrected chi connectivity index (χ0v) is 16.8. The van der Waals surface area contributed by atoms with Crippen LogP contribution >= 0.6 is 0 Å². The molecule has 3 aromatic rings. The van der Waals surface area contributed by atoms with Crippen molar-refractivity contribution in [1.29, 1.82) is 0 Å². The molecule has 1 unspecified atom stereocenters. The molecule has 29 heavy (non-hydrogen) atoms. The number of cyclic esters (lactones) is 1. The van der Waals surface area contributed by atoms with E-state index in [1.165, 1.54) is 16.7 Å². The van der Waals surface area contributed by atoms with Crippen LogP contribution in [0, 0.1) is 11.3 Å². The zero-order valence-electron chi connectivity index (χ0n) is 16.8. The third-order valence-corrected chi connectivity index (χ3v) is 6.19. The molecule has 1 aliphatic rings. The first kappa shape index (κ1) is 19.4. The number of benzene rings is 3. The van der Waals surface area contributed by atoms with Crippen molar-refractivity contribution in [1.82, 2.24) is 0 Å². The zero-order chi connectivity index (χ0) is 19.9. The molecule has 3 aromatic carbocycles. The van der Waals surface area contributed by atoms with Crippen molar-refractivity contribution in [2.24, 2.45) is 11.3 Å². The van der Waals surface area contributed by atoms with Crippen LogP contribution in [0.25, 0.3) is 0 Å². The van der Waals surface area contributed by atoms with Crippen molar-refractivity contribution < 1.29 is 9.53 Å². The minimum absolute atomic E-state index is 0.0325. The standard InChI is InChI=1S/C27H28O2/c28-26-27(19-23-13-6-2-7-14-23,20-24-15-8-3-9-16-24)25(21-29-26)18-10-17-22-11-4-1-5-12-22/h1-9,11-16,25H,10,17-21H2. The second-order valence-corrected chi connectivity index (χ2v) is 8.15. The van der Waals surface area contributed by atoms with Gasteiger partial charge in [-0.3, -0.25) is 4.79 Å². The number of carbonyl (C=O) groups is 1. The van der Waals surface area contributed by atoms with Crippen LogP contribution in [-0.2, 0) is 28.8 Å². The lowest BCUT2D eigenvalue weighted by Crippen LogP contribution is -2.38. The highest BCUT2D eigenvalue weighted by Crippen LogP contribution is 2.44. The van der Waals surface area contributed by atoms with Crippen LogP contribution in [0.2, 0.25) is 0 Å². The SMILES string of the molecule is O=C1OCC(CCCc2ccccc2)C1(Cc1ccccc1)Cc1ccccc1. The first-order valence-electron chi connectivity index (χ1n) is 10.6. The number of hydrogen-bond donors (Lipinski definition) is 0. The summed E-state index contributed by atoms with van der Waals surface area (Å²) in [5.74, 6) is 0.203. The van der Waals surface area contributed by atoms with E-state index in [0.717, 1.165) is 32.1 Å². The molecule has 0 spiro atoms. The summed E-state index contributed by atoms with van der Waals surface area (Å²) in [6.07, 6.45) is 4.57. The Hall–Kier alpha value is -2.87. The van der Waals surface area contributed by atoms with Gasteiger partial charge in [0, 0.05) is 5.92 Å². The predicted octanol–water partition coefficient (Wildman–Crippen LogP) is 5.65. The number of ether oxygens (including phenoxy) is 1. The first-order chi connectivity index (χ1) is 14.3. The summed E-state index contributed by atoms with van der Waals surface area (Å²) in [5, 5.41) is 0. The predicted molar refractivity (Wildman–Crippen MR) is 117 cm³/mol. The molecular weight excluding hydrogens is 356 g/mol. The number of rotatable bonds is 8. The van der Waals surface area contributed by atoms with E-state index in [4.69, 9.17) is 4.74 Å². The van der Waals surface area contributed by atoms with Crippen LogP contribution in [0.3, 0.4) is 0 Å². The Kier molecular flexibility index (Phi) is 6.09. The van der Waals surface area contributed by atoms with Crippen molar-refractivity contribution in [2.75, 3.05) is 6.61 Å². The summed E-state index contributed by atoms with van der Waals surface area (Å²) in [4.78, 5) is 13.1. The fourth-order valence-electron chi connectivity index (χ4n) is 4.62. The number of carbonyl (C=O) groups excluding carboxylic acids is 1. The largest absolute Gasteiger partial charge is 0.465 e. The molecule has 2 nitrogen and oxygen atoms in total. The van der Waals surface area contributed by atoms with Crippen LogP contribution in [0.15, 0.2) is 91.0 Å². The normalized spacial score (nSPS) is 17.8. The Morgan fingerprint density at radius 1 is 0.724 bits per heavy atom. The number of esters is 1. The van der Waals surface area contributed by atoms with Crippen molar-refractivity contribution in [3.63, 3.8) is 0 Å². The van der Waals surface area contributed by atoms with Gasteiger partial charge in [-0.15, -0.1) is 0 Å². The van der Waals surface area contributed by atoms with Gasteiger partial charge in [-0.05, 0) is 48.8 Å². The maximum Gasteiger partial charge on any atom is 0.313 e. The third kappa shape index (κ3) is 4.59. The Balaban J connectivity index is 1.56. The molecular formula is C27H28O2.